The number of hydrogen-bond acceptors (Lipinski definition) is 5. The van der Waals surface area contributed by atoms with Crippen LogP contribution in [0.4, 0.5) is 5.69 Å². The molecular formula is C27H29NO5. The molecule has 0 saturated carbocycles. The molecule has 33 heavy (non-hydrogen) atoms. The number of esters is 1. The minimum atomic E-state index is -0.565. The Balaban J connectivity index is 1.49. The lowest BCUT2D eigenvalue weighted by Gasteiger charge is -2.08. The van der Waals surface area contributed by atoms with E-state index in [1.807, 2.05) is 36.4 Å². The van der Waals surface area contributed by atoms with E-state index in [-0.39, 0.29) is 11.3 Å². The summed E-state index contributed by atoms with van der Waals surface area (Å²) in [5.41, 5.74) is 2.21. The summed E-state index contributed by atoms with van der Waals surface area (Å²) >= 11 is 0. The van der Waals surface area contributed by atoms with Gasteiger partial charge < -0.3 is 9.47 Å². The Kier molecular flexibility index (Phi) is 9.00. The van der Waals surface area contributed by atoms with Crippen LogP contribution in [0, 0.1) is 10.1 Å². The first-order valence-corrected chi connectivity index (χ1v) is 11.4. The highest BCUT2D eigenvalue weighted by atomic mass is 16.6. The zero-order chi connectivity index (χ0) is 23.5. The van der Waals surface area contributed by atoms with Crippen LogP contribution in [0.15, 0.2) is 72.8 Å². The van der Waals surface area contributed by atoms with Gasteiger partial charge >= 0.3 is 5.97 Å². The number of non-ortho nitro benzene ring substituents is 1. The van der Waals surface area contributed by atoms with Gasteiger partial charge in [0.05, 0.1) is 17.1 Å². The van der Waals surface area contributed by atoms with Crippen LogP contribution >= 0.6 is 0 Å². The van der Waals surface area contributed by atoms with Gasteiger partial charge in [0.25, 0.3) is 5.69 Å². The molecule has 0 aliphatic heterocycles. The van der Waals surface area contributed by atoms with E-state index in [2.05, 4.69) is 6.92 Å². The number of unbranched alkanes of at least 4 members (excludes halogenated alkanes) is 5. The Morgan fingerprint density at radius 3 is 1.88 bits per heavy atom. The molecule has 3 aromatic carbocycles. The third-order valence-electron chi connectivity index (χ3n) is 5.33. The minimum absolute atomic E-state index is 0.0743. The van der Waals surface area contributed by atoms with Gasteiger partial charge in [0, 0.05) is 12.1 Å². The van der Waals surface area contributed by atoms with Crippen LogP contribution in [-0.2, 0) is 0 Å². The van der Waals surface area contributed by atoms with E-state index in [9.17, 15) is 14.9 Å². The van der Waals surface area contributed by atoms with Gasteiger partial charge in [-0.05, 0) is 53.9 Å². The molecule has 0 N–H and O–H groups in total. The largest absolute Gasteiger partial charge is 0.494 e. The van der Waals surface area contributed by atoms with Crippen LogP contribution < -0.4 is 9.47 Å². The van der Waals surface area contributed by atoms with E-state index in [0.717, 1.165) is 29.9 Å². The van der Waals surface area contributed by atoms with E-state index in [1.165, 1.54) is 56.4 Å². The van der Waals surface area contributed by atoms with Crippen molar-refractivity contribution in [2.45, 2.75) is 45.4 Å². The number of hydrogen-bond donors (Lipinski definition) is 0. The van der Waals surface area contributed by atoms with Crippen molar-refractivity contribution in [3.63, 3.8) is 0 Å². The van der Waals surface area contributed by atoms with Gasteiger partial charge in [-0.1, -0.05) is 63.3 Å². The Hall–Kier alpha value is -3.67. The third-order valence-corrected chi connectivity index (χ3v) is 5.33. The number of nitrogens with zero attached hydrogens (tertiary/aromatic N) is 1. The molecule has 0 spiro atoms. The average molecular weight is 448 g/mol. The lowest BCUT2D eigenvalue weighted by atomic mass is 10.1. The number of benzene rings is 3. The monoisotopic (exact) mass is 447 g/mol. The second-order valence-corrected chi connectivity index (χ2v) is 7.86. The smallest absolute Gasteiger partial charge is 0.343 e. The second kappa shape index (κ2) is 12.4. The number of carbonyl (C=O) groups is 1. The lowest BCUT2D eigenvalue weighted by molar-refractivity contribution is -0.384. The van der Waals surface area contributed by atoms with Crippen molar-refractivity contribution >= 4 is 11.7 Å². The highest BCUT2D eigenvalue weighted by Gasteiger charge is 2.11. The molecule has 0 saturated heterocycles. The molecule has 0 aliphatic carbocycles. The van der Waals surface area contributed by atoms with E-state index in [0.29, 0.717) is 5.75 Å². The molecule has 6 nitrogen and oxygen atoms in total. The van der Waals surface area contributed by atoms with Gasteiger partial charge in [0.15, 0.2) is 0 Å². The normalized spacial score (nSPS) is 10.6. The van der Waals surface area contributed by atoms with E-state index in [1.54, 1.807) is 12.1 Å². The zero-order valence-corrected chi connectivity index (χ0v) is 18.9. The van der Waals surface area contributed by atoms with Crippen molar-refractivity contribution in [1.29, 1.82) is 0 Å². The van der Waals surface area contributed by atoms with Gasteiger partial charge in [-0.2, -0.15) is 0 Å². The van der Waals surface area contributed by atoms with Crippen LogP contribution in [-0.4, -0.2) is 17.5 Å². The summed E-state index contributed by atoms with van der Waals surface area (Å²) in [6.45, 7) is 2.96. The van der Waals surface area contributed by atoms with Gasteiger partial charge in [0.2, 0.25) is 0 Å². The summed E-state index contributed by atoms with van der Waals surface area (Å²) in [5.74, 6) is 0.700. The molecule has 0 unspecified atom stereocenters. The van der Waals surface area contributed by atoms with Crippen molar-refractivity contribution in [2.24, 2.45) is 0 Å². The molecule has 0 aliphatic rings. The molecule has 172 valence electrons. The minimum Gasteiger partial charge on any atom is -0.494 e. The standard InChI is InChI=1S/C27H29NO5/c1-2-3-4-5-6-7-20-32-25-16-10-21(11-17-25)22-12-18-26(19-13-22)33-27(29)23-8-14-24(15-9-23)28(30)31/h8-19H,2-7,20H2,1H3. The maximum absolute atomic E-state index is 12.3. The Morgan fingerprint density at radius 1 is 0.758 bits per heavy atom. The number of ether oxygens (including phenoxy) is 2. The fourth-order valence-corrected chi connectivity index (χ4v) is 3.42. The van der Waals surface area contributed by atoms with E-state index < -0.39 is 10.9 Å². The number of nitro benzene ring substituents is 1. The molecule has 0 atom stereocenters. The first kappa shape index (κ1) is 24.0. The van der Waals surface area contributed by atoms with E-state index in [4.69, 9.17) is 9.47 Å². The molecule has 0 bridgehead atoms. The van der Waals surface area contributed by atoms with Gasteiger partial charge in [-0.15, -0.1) is 0 Å². The molecule has 6 heteroatoms. The molecule has 0 amide bonds. The molecule has 0 radical (unpaired) electrons. The first-order chi connectivity index (χ1) is 16.1. The van der Waals surface area contributed by atoms with Crippen molar-refractivity contribution in [3.8, 4) is 22.6 Å². The first-order valence-electron chi connectivity index (χ1n) is 11.4. The van der Waals surface area contributed by atoms with Gasteiger partial charge in [-0.25, -0.2) is 4.79 Å². The highest BCUT2D eigenvalue weighted by Crippen LogP contribution is 2.25. The van der Waals surface area contributed by atoms with Crippen LogP contribution in [0.3, 0.4) is 0 Å². The van der Waals surface area contributed by atoms with Crippen molar-refractivity contribution < 1.29 is 19.2 Å². The third kappa shape index (κ3) is 7.45. The number of carbonyl (C=O) groups excluding carboxylic acids is 1. The quantitative estimate of drug-likeness (QED) is 0.0963. The molecule has 3 aromatic rings. The predicted octanol–water partition coefficient (Wildman–Crippen LogP) is 7.22. The van der Waals surface area contributed by atoms with Crippen molar-refractivity contribution in [3.05, 3.63) is 88.5 Å². The van der Waals surface area contributed by atoms with Crippen LogP contribution in [0.5, 0.6) is 11.5 Å². The summed E-state index contributed by atoms with van der Waals surface area (Å²) in [6, 6.07) is 20.5. The number of nitro groups is 1. The fourth-order valence-electron chi connectivity index (χ4n) is 3.42. The van der Waals surface area contributed by atoms with Crippen LogP contribution in [0.2, 0.25) is 0 Å². The molecule has 3 rings (SSSR count). The summed E-state index contributed by atoms with van der Waals surface area (Å²) in [6.07, 6.45) is 7.44. The van der Waals surface area contributed by atoms with Crippen molar-refractivity contribution in [1.82, 2.24) is 0 Å². The molecule has 0 heterocycles. The maximum Gasteiger partial charge on any atom is 0.343 e. The number of rotatable bonds is 12. The zero-order valence-electron chi connectivity index (χ0n) is 18.9. The summed E-state index contributed by atoms with van der Waals surface area (Å²) in [7, 11) is 0. The Bertz CT molecular complexity index is 1030. The predicted molar refractivity (Wildman–Crippen MR) is 129 cm³/mol. The van der Waals surface area contributed by atoms with E-state index >= 15 is 0 Å². The average Bonchev–Trinajstić information content (AvgIpc) is 2.84. The van der Waals surface area contributed by atoms with Crippen molar-refractivity contribution in [2.75, 3.05) is 6.61 Å². The SMILES string of the molecule is CCCCCCCCOc1ccc(-c2ccc(OC(=O)c3ccc([N+](=O)[O-])cc3)cc2)cc1. The molecule has 0 aromatic heterocycles. The molecule has 0 fully saturated rings. The van der Waals surface area contributed by atoms with Crippen LogP contribution in [0.25, 0.3) is 11.1 Å². The summed E-state index contributed by atoms with van der Waals surface area (Å²) in [4.78, 5) is 22.5. The Morgan fingerprint density at radius 2 is 1.30 bits per heavy atom. The maximum atomic E-state index is 12.3. The fraction of sp³-hybridized carbons (Fsp3) is 0.296. The summed E-state index contributed by atoms with van der Waals surface area (Å²) < 4.78 is 11.2. The second-order valence-electron chi connectivity index (χ2n) is 7.86. The summed E-state index contributed by atoms with van der Waals surface area (Å²) in [5, 5.41) is 10.7. The van der Waals surface area contributed by atoms with Gasteiger partial charge in [-0.3, -0.25) is 10.1 Å². The highest BCUT2D eigenvalue weighted by molar-refractivity contribution is 5.91. The Labute approximate surface area is 194 Å². The lowest BCUT2D eigenvalue weighted by Crippen LogP contribution is -2.08. The van der Waals surface area contributed by atoms with Gasteiger partial charge in [0.1, 0.15) is 11.5 Å². The van der Waals surface area contributed by atoms with Crippen LogP contribution in [0.1, 0.15) is 55.8 Å². The molecular weight excluding hydrogens is 418 g/mol. The topological polar surface area (TPSA) is 78.7 Å².